The lowest BCUT2D eigenvalue weighted by atomic mass is 9.92. The molecule has 4 heteroatoms. The largest absolute Gasteiger partial charge is 0.292 e. The van der Waals surface area contributed by atoms with Crippen LogP contribution in [0.1, 0.15) is 23.5 Å². The number of nitrogens with zero attached hydrogens (tertiary/aromatic N) is 1. The van der Waals surface area contributed by atoms with E-state index in [2.05, 4.69) is 0 Å². The maximum Gasteiger partial charge on any atom is 0.190 e. The Kier molecular flexibility index (Phi) is 3.44. The average molecular weight is 261 g/mol. The molecule has 2 rings (SSSR count). The molecule has 0 fully saturated rings. The predicted molar refractivity (Wildman–Crippen MR) is 70.1 cm³/mol. The molecule has 18 heavy (non-hydrogen) atoms. The molecule has 92 valence electrons. The van der Waals surface area contributed by atoms with E-state index in [4.69, 9.17) is 5.26 Å². The van der Waals surface area contributed by atoms with E-state index < -0.39 is 5.92 Å². The van der Waals surface area contributed by atoms with Gasteiger partial charge in [0.25, 0.3) is 0 Å². The molecule has 0 radical (unpaired) electrons. The lowest BCUT2D eigenvalue weighted by Gasteiger charge is -2.09. The maximum atomic E-state index is 13.1. The van der Waals surface area contributed by atoms with Crippen LogP contribution in [0, 0.1) is 29.0 Å². The van der Waals surface area contributed by atoms with E-state index in [9.17, 15) is 9.18 Å². The van der Waals surface area contributed by atoms with Gasteiger partial charge in [-0.3, -0.25) is 4.79 Å². The van der Waals surface area contributed by atoms with Crippen LogP contribution in [-0.4, -0.2) is 5.78 Å². The van der Waals surface area contributed by atoms with E-state index in [-0.39, 0.29) is 17.5 Å². The second-order valence-electron chi connectivity index (χ2n) is 4.51. The second-order valence-corrected chi connectivity index (χ2v) is 5.59. The predicted octanol–water partition coefficient (Wildman–Crippen LogP) is 4.02. The SMILES string of the molecule is CC(C)C(C#N)C(=O)c1cc2ccc(F)cc2s1. The number of Topliss-reactive ketones (excluding diaryl/α,β-unsaturated/α-hetero) is 1. The fraction of sp³-hybridized carbons (Fsp3) is 0.286. The minimum atomic E-state index is -0.636. The summed E-state index contributed by atoms with van der Waals surface area (Å²) in [7, 11) is 0. The van der Waals surface area contributed by atoms with Gasteiger partial charge in [0.15, 0.2) is 5.78 Å². The molecular formula is C14H12FNOS. The van der Waals surface area contributed by atoms with Crippen LogP contribution >= 0.6 is 11.3 Å². The van der Waals surface area contributed by atoms with E-state index in [1.54, 1.807) is 12.1 Å². The summed E-state index contributed by atoms with van der Waals surface area (Å²) < 4.78 is 13.8. The molecule has 1 unspecified atom stereocenters. The Morgan fingerprint density at radius 1 is 1.39 bits per heavy atom. The van der Waals surface area contributed by atoms with Crippen LogP contribution in [0.25, 0.3) is 10.1 Å². The number of ketones is 1. The van der Waals surface area contributed by atoms with Crippen molar-refractivity contribution in [3.63, 3.8) is 0 Å². The van der Waals surface area contributed by atoms with Gasteiger partial charge in [0, 0.05) is 4.70 Å². The fourth-order valence-corrected chi connectivity index (χ4v) is 2.86. The minimum Gasteiger partial charge on any atom is -0.292 e. The molecule has 1 heterocycles. The Morgan fingerprint density at radius 2 is 2.11 bits per heavy atom. The van der Waals surface area contributed by atoms with Crippen molar-refractivity contribution in [2.45, 2.75) is 13.8 Å². The monoisotopic (exact) mass is 261 g/mol. The summed E-state index contributed by atoms with van der Waals surface area (Å²) in [4.78, 5) is 12.7. The number of hydrogen-bond donors (Lipinski definition) is 0. The van der Waals surface area contributed by atoms with Gasteiger partial charge in [-0.05, 0) is 29.5 Å². The van der Waals surface area contributed by atoms with Gasteiger partial charge in [0.1, 0.15) is 11.7 Å². The van der Waals surface area contributed by atoms with Crippen LogP contribution in [0.5, 0.6) is 0 Å². The molecule has 1 atom stereocenters. The molecular weight excluding hydrogens is 249 g/mol. The van der Waals surface area contributed by atoms with E-state index >= 15 is 0 Å². The summed E-state index contributed by atoms with van der Waals surface area (Å²) in [5, 5.41) is 9.86. The summed E-state index contributed by atoms with van der Waals surface area (Å²) in [6.45, 7) is 3.69. The van der Waals surface area contributed by atoms with Crippen molar-refractivity contribution in [3.8, 4) is 6.07 Å². The first-order valence-electron chi connectivity index (χ1n) is 5.66. The van der Waals surface area contributed by atoms with Crippen LogP contribution in [0.4, 0.5) is 4.39 Å². The highest BCUT2D eigenvalue weighted by Gasteiger charge is 2.24. The quantitative estimate of drug-likeness (QED) is 0.783. The smallest absolute Gasteiger partial charge is 0.190 e. The Morgan fingerprint density at radius 3 is 2.72 bits per heavy atom. The van der Waals surface area contributed by atoms with Gasteiger partial charge in [-0.2, -0.15) is 5.26 Å². The topological polar surface area (TPSA) is 40.9 Å². The highest BCUT2D eigenvalue weighted by molar-refractivity contribution is 7.20. The highest BCUT2D eigenvalue weighted by Crippen LogP contribution is 2.29. The van der Waals surface area contributed by atoms with Crippen LogP contribution in [-0.2, 0) is 0 Å². The van der Waals surface area contributed by atoms with Crippen LogP contribution < -0.4 is 0 Å². The van der Waals surface area contributed by atoms with Crippen molar-refractivity contribution in [3.05, 3.63) is 35.0 Å². The number of fused-ring (bicyclic) bond motifs is 1. The van der Waals surface area contributed by atoms with Crippen molar-refractivity contribution >= 4 is 27.2 Å². The third-order valence-electron chi connectivity index (χ3n) is 2.81. The number of thiophene rings is 1. The third kappa shape index (κ3) is 2.27. The molecule has 0 saturated carbocycles. The molecule has 2 aromatic rings. The number of carbonyl (C=O) groups is 1. The van der Waals surface area contributed by atoms with Crippen molar-refractivity contribution in [1.82, 2.24) is 0 Å². The number of rotatable bonds is 3. The zero-order valence-electron chi connectivity index (χ0n) is 10.1. The lowest BCUT2D eigenvalue weighted by Crippen LogP contribution is -2.17. The Labute approximate surface area is 109 Å². The van der Waals surface area contributed by atoms with Gasteiger partial charge >= 0.3 is 0 Å². The van der Waals surface area contributed by atoms with Gasteiger partial charge in [0.2, 0.25) is 0 Å². The molecule has 0 spiro atoms. The number of halogens is 1. The van der Waals surface area contributed by atoms with E-state index in [0.29, 0.717) is 4.88 Å². The van der Waals surface area contributed by atoms with Crippen LogP contribution in [0.15, 0.2) is 24.3 Å². The average Bonchev–Trinajstić information content (AvgIpc) is 2.72. The highest BCUT2D eigenvalue weighted by atomic mass is 32.1. The van der Waals surface area contributed by atoms with Crippen molar-refractivity contribution in [1.29, 1.82) is 5.26 Å². The molecule has 0 aliphatic carbocycles. The van der Waals surface area contributed by atoms with Crippen LogP contribution in [0.3, 0.4) is 0 Å². The molecule has 0 bridgehead atoms. The Balaban J connectivity index is 2.43. The summed E-state index contributed by atoms with van der Waals surface area (Å²) in [6.07, 6.45) is 0. The summed E-state index contributed by atoms with van der Waals surface area (Å²) in [6, 6.07) is 8.20. The van der Waals surface area contributed by atoms with Crippen molar-refractivity contribution in [2.75, 3.05) is 0 Å². The van der Waals surface area contributed by atoms with E-state index in [1.807, 2.05) is 19.9 Å². The van der Waals surface area contributed by atoms with Gasteiger partial charge in [0.05, 0.1) is 10.9 Å². The number of hydrogen-bond acceptors (Lipinski definition) is 3. The van der Waals surface area contributed by atoms with Crippen LogP contribution in [0.2, 0.25) is 0 Å². The standard InChI is InChI=1S/C14H12FNOS/c1-8(2)11(7-16)14(17)13-5-9-3-4-10(15)6-12(9)18-13/h3-6,8,11H,1-2H3. The third-order valence-corrected chi connectivity index (χ3v) is 3.93. The molecule has 1 aromatic heterocycles. The second kappa shape index (κ2) is 4.87. The first-order valence-corrected chi connectivity index (χ1v) is 6.47. The number of carbonyl (C=O) groups excluding carboxylic acids is 1. The van der Waals surface area contributed by atoms with Gasteiger partial charge in [-0.25, -0.2) is 4.39 Å². The van der Waals surface area contributed by atoms with E-state index in [1.165, 1.54) is 23.5 Å². The van der Waals surface area contributed by atoms with Gasteiger partial charge < -0.3 is 0 Å². The van der Waals surface area contributed by atoms with Crippen molar-refractivity contribution in [2.24, 2.45) is 11.8 Å². The first-order chi connectivity index (χ1) is 8.52. The fourth-order valence-electron chi connectivity index (χ4n) is 1.79. The Hall–Kier alpha value is -1.73. The first kappa shape index (κ1) is 12.7. The zero-order chi connectivity index (χ0) is 13.3. The number of nitriles is 1. The molecule has 0 amide bonds. The Bertz CT molecular complexity index is 639. The van der Waals surface area contributed by atoms with Gasteiger partial charge in [-0.15, -0.1) is 11.3 Å². The van der Waals surface area contributed by atoms with Crippen molar-refractivity contribution < 1.29 is 9.18 Å². The summed E-state index contributed by atoms with van der Waals surface area (Å²) in [5.74, 6) is -1.15. The summed E-state index contributed by atoms with van der Waals surface area (Å²) >= 11 is 1.24. The van der Waals surface area contributed by atoms with Gasteiger partial charge in [-0.1, -0.05) is 19.9 Å². The summed E-state index contributed by atoms with van der Waals surface area (Å²) in [5.41, 5.74) is 0. The lowest BCUT2D eigenvalue weighted by molar-refractivity contribution is 0.0928. The van der Waals surface area contributed by atoms with E-state index in [0.717, 1.165) is 10.1 Å². The normalized spacial score (nSPS) is 12.6. The molecule has 0 N–H and O–H groups in total. The molecule has 0 aliphatic rings. The maximum absolute atomic E-state index is 13.1. The molecule has 1 aromatic carbocycles. The molecule has 0 saturated heterocycles. The molecule has 2 nitrogen and oxygen atoms in total. The zero-order valence-corrected chi connectivity index (χ0v) is 10.9. The number of benzene rings is 1. The minimum absolute atomic E-state index is 0.0237. The molecule has 0 aliphatic heterocycles.